The Labute approximate surface area is 166 Å². The molecule has 0 saturated heterocycles. The average molecular weight is 392 g/mol. The van der Waals surface area contributed by atoms with Crippen LogP contribution in [0, 0.1) is 19.8 Å². The second-order valence-corrected chi connectivity index (χ2v) is 7.52. The highest BCUT2D eigenvalue weighted by Crippen LogP contribution is 2.28. The molecule has 0 bridgehead atoms. The van der Waals surface area contributed by atoms with E-state index in [9.17, 15) is 14.4 Å². The quantitative estimate of drug-likeness (QED) is 0.396. The fourth-order valence-electron chi connectivity index (χ4n) is 4.06. The number of methoxy groups -OCH3 is 2. The molecule has 156 valence electrons. The zero-order valence-corrected chi connectivity index (χ0v) is 17.6. The molecule has 1 aliphatic carbocycles. The molecule has 1 heterocycles. The van der Waals surface area contributed by atoms with Crippen molar-refractivity contribution in [3.63, 3.8) is 0 Å². The Kier molecular flexibility index (Phi) is 7.80. The number of carbonyl (C=O) groups is 3. The van der Waals surface area contributed by atoms with Gasteiger partial charge in [-0.05, 0) is 45.6 Å². The lowest BCUT2D eigenvalue weighted by Crippen LogP contribution is -2.46. The second-order valence-electron chi connectivity index (χ2n) is 7.52. The molecule has 7 nitrogen and oxygen atoms in total. The van der Waals surface area contributed by atoms with E-state index in [2.05, 4.69) is 4.98 Å². The van der Waals surface area contributed by atoms with Crippen molar-refractivity contribution in [2.45, 2.75) is 58.9 Å². The lowest BCUT2D eigenvalue weighted by molar-refractivity contribution is -0.136. The van der Waals surface area contributed by atoms with E-state index in [1.807, 2.05) is 0 Å². The minimum atomic E-state index is -0.608. The van der Waals surface area contributed by atoms with E-state index in [4.69, 9.17) is 9.47 Å². The van der Waals surface area contributed by atoms with Gasteiger partial charge in [-0.25, -0.2) is 4.79 Å². The molecular weight excluding hydrogens is 360 g/mol. The Balaban J connectivity index is 2.28. The van der Waals surface area contributed by atoms with Gasteiger partial charge in [-0.1, -0.05) is 12.8 Å². The minimum absolute atomic E-state index is 0.00292. The van der Waals surface area contributed by atoms with Gasteiger partial charge in [0.25, 0.3) is 0 Å². The molecule has 1 atom stereocenters. The van der Waals surface area contributed by atoms with Crippen LogP contribution in [0.15, 0.2) is 0 Å². The molecule has 0 aromatic carbocycles. The van der Waals surface area contributed by atoms with E-state index >= 15 is 0 Å². The topological polar surface area (TPSA) is 88.7 Å². The molecule has 1 N–H and O–H groups in total. The lowest BCUT2D eigenvalue weighted by Gasteiger charge is -2.31. The van der Waals surface area contributed by atoms with Gasteiger partial charge in [-0.15, -0.1) is 0 Å². The third kappa shape index (κ3) is 4.63. The summed E-state index contributed by atoms with van der Waals surface area (Å²) in [5.41, 5.74) is 1.92. The maximum Gasteiger partial charge on any atom is 0.354 e. The van der Waals surface area contributed by atoms with Crippen molar-refractivity contribution in [3.8, 4) is 0 Å². The predicted molar refractivity (Wildman–Crippen MR) is 106 cm³/mol. The number of hydrogen-bond donors (Lipinski definition) is 1. The Bertz CT molecular complexity index is 719. The third-order valence-electron chi connectivity index (χ3n) is 5.66. The first kappa shape index (κ1) is 22.1. The van der Waals surface area contributed by atoms with E-state index in [-0.39, 0.29) is 23.3 Å². The summed E-state index contributed by atoms with van der Waals surface area (Å²) in [6.45, 7) is 6.26. The Hall–Kier alpha value is -2.15. The van der Waals surface area contributed by atoms with Gasteiger partial charge in [-0.2, -0.15) is 0 Å². The molecule has 0 radical (unpaired) electrons. The van der Waals surface area contributed by atoms with Crippen molar-refractivity contribution in [2.24, 2.45) is 5.92 Å². The van der Waals surface area contributed by atoms with E-state index in [0.29, 0.717) is 36.4 Å². The van der Waals surface area contributed by atoms with Crippen molar-refractivity contribution >= 4 is 17.7 Å². The van der Waals surface area contributed by atoms with Crippen molar-refractivity contribution in [1.82, 2.24) is 9.88 Å². The SMILES string of the molecule is COCCCN(C(=O)C1CCCC1)[C@@H](C)C(=O)c1c(C)[nH]c(C(=O)OC)c1C. The molecule has 1 aromatic rings. The van der Waals surface area contributed by atoms with Crippen LogP contribution >= 0.6 is 0 Å². The maximum absolute atomic E-state index is 13.3. The molecular formula is C21H32N2O5. The van der Waals surface area contributed by atoms with Crippen LogP contribution < -0.4 is 0 Å². The number of amides is 1. The van der Waals surface area contributed by atoms with Crippen molar-refractivity contribution in [3.05, 3.63) is 22.5 Å². The summed E-state index contributed by atoms with van der Waals surface area (Å²) < 4.78 is 9.91. The van der Waals surface area contributed by atoms with Gasteiger partial charge in [0.1, 0.15) is 5.69 Å². The van der Waals surface area contributed by atoms with E-state index in [1.54, 1.807) is 32.8 Å². The molecule has 0 aliphatic heterocycles. The molecule has 0 spiro atoms. The highest BCUT2D eigenvalue weighted by molar-refractivity contribution is 6.06. The predicted octanol–water partition coefficient (Wildman–Crippen LogP) is 3.04. The molecule has 1 aliphatic rings. The largest absolute Gasteiger partial charge is 0.464 e. The number of rotatable bonds is 9. The minimum Gasteiger partial charge on any atom is -0.464 e. The van der Waals surface area contributed by atoms with Crippen LogP contribution in [-0.4, -0.2) is 61.0 Å². The number of H-pyrrole nitrogens is 1. The van der Waals surface area contributed by atoms with Crippen molar-refractivity contribution in [2.75, 3.05) is 27.4 Å². The molecule has 1 aromatic heterocycles. The number of ether oxygens (including phenoxy) is 2. The number of aromatic amines is 1. The number of carbonyl (C=O) groups excluding carboxylic acids is 3. The number of aromatic nitrogens is 1. The molecule has 0 unspecified atom stereocenters. The van der Waals surface area contributed by atoms with E-state index in [1.165, 1.54) is 7.11 Å². The molecule has 1 fully saturated rings. The molecule has 1 amide bonds. The number of Topliss-reactive ketones (excluding diaryl/α,β-unsaturated/α-hetero) is 1. The molecule has 1 saturated carbocycles. The third-order valence-corrected chi connectivity index (χ3v) is 5.66. The summed E-state index contributed by atoms with van der Waals surface area (Å²) in [5.74, 6) is -0.623. The zero-order valence-electron chi connectivity index (χ0n) is 17.6. The van der Waals surface area contributed by atoms with Crippen molar-refractivity contribution < 1.29 is 23.9 Å². The number of hydrogen-bond acceptors (Lipinski definition) is 5. The van der Waals surface area contributed by atoms with Crippen LogP contribution in [0.25, 0.3) is 0 Å². The first-order valence-corrected chi connectivity index (χ1v) is 9.94. The van der Waals surface area contributed by atoms with Gasteiger partial charge in [0.15, 0.2) is 5.78 Å². The Morgan fingerprint density at radius 3 is 2.39 bits per heavy atom. The van der Waals surface area contributed by atoms with Crippen LogP contribution in [0.5, 0.6) is 0 Å². The summed E-state index contributed by atoms with van der Waals surface area (Å²) in [7, 11) is 2.93. The van der Waals surface area contributed by atoms with Crippen LogP contribution in [0.4, 0.5) is 0 Å². The highest BCUT2D eigenvalue weighted by Gasteiger charge is 2.34. The maximum atomic E-state index is 13.3. The van der Waals surface area contributed by atoms with Gasteiger partial charge in [0, 0.05) is 37.4 Å². The van der Waals surface area contributed by atoms with Gasteiger partial charge in [-0.3, -0.25) is 9.59 Å². The second kappa shape index (κ2) is 9.87. The normalized spacial score (nSPS) is 15.5. The van der Waals surface area contributed by atoms with Gasteiger partial charge >= 0.3 is 5.97 Å². The van der Waals surface area contributed by atoms with Gasteiger partial charge in [0.05, 0.1) is 13.2 Å². The first-order valence-electron chi connectivity index (χ1n) is 9.94. The van der Waals surface area contributed by atoms with Crippen LogP contribution in [0.1, 0.15) is 71.1 Å². The monoisotopic (exact) mass is 392 g/mol. The zero-order chi connectivity index (χ0) is 20.8. The van der Waals surface area contributed by atoms with Crippen molar-refractivity contribution in [1.29, 1.82) is 0 Å². The number of aryl methyl sites for hydroxylation is 1. The smallest absolute Gasteiger partial charge is 0.354 e. The van der Waals surface area contributed by atoms with Crippen LogP contribution in [-0.2, 0) is 14.3 Å². The standard InChI is InChI=1S/C21H32N2O5/c1-13-17(14(2)22-18(13)21(26)28-5)19(24)15(3)23(11-8-12-27-4)20(25)16-9-6-7-10-16/h15-16,22H,6-12H2,1-5H3/t15-/m0/s1. The average Bonchev–Trinajstić information content (AvgIpc) is 3.31. The molecule has 2 rings (SSSR count). The van der Waals surface area contributed by atoms with Crippen LogP contribution in [0.2, 0.25) is 0 Å². The fraction of sp³-hybridized carbons (Fsp3) is 0.667. The number of esters is 1. The number of nitrogens with zero attached hydrogens (tertiary/aromatic N) is 1. The first-order chi connectivity index (χ1) is 13.3. The Morgan fingerprint density at radius 2 is 1.82 bits per heavy atom. The summed E-state index contributed by atoms with van der Waals surface area (Å²) in [6.07, 6.45) is 4.56. The fourth-order valence-corrected chi connectivity index (χ4v) is 4.06. The summed E-state index contributed by atoms with van der Waals surface area (Å²) in [4.78, 5) is 43.0. The number of nitrogens with one attached hydrogen (secondary N) is 1. The lowest BCUT2D eigenvalue weighted by atomic mass is 9.98. The summed E-state index contributed by atoms with van der Waals surface area (Å²) >= 11 is 0. The van der Waals surface area contributed by atoms with Gasteiger partial charge in [0.2, 0.25) is 5.91 Å². The number of ketones is 1. The summed E-state index contributed by atoms with van der Waals surface area (Å²) in [5, 5.41) is 0. The summed E-state index contributed by atoms with van der Waals surface area (Å²) in [6, 6.07) is -0.608. The van der Waals surface area contributed by atoms with E-state index < -0.39 is 12.0 Å². The highest BCUT2D eigenvalue weighted by atomic mass is 16.5. The molecule has 7 heteroatoms. The van der Waals surface area contributed by atoms with Gasteiger partial charge < -0.3 is 19.4 Å². The van der Waals surface area contributed by atoms with E-state index in [0.717, 1.165) is 25.7 Å². The molecule has 28 heavy (non-hydrogen) atoms. The Morgan fingerprint density at radius 1 is 1.18 bits per heavy atom. The van der Waals surface area contributed by atoms with Crippen LogP contribution in [0.3, 0.4) is 0 Å².